The van der Waals surface area contributed by atoms with E-state index in [2.05, 4.69) is 58.1 Å². The van der Waals surface area contributed by atoms with Crippen LogP contribution < -0.4 is 14.8 Å². The highest BCUT2D eigenvalue weighted by Gasteiger charge is 2.08. The van der Waals surface area contributed by atoms with E-state index in [9.17, 15) is 0 Å². The summed E-state index contributed by atoms with van der Waals surface area (Å²) in [5, 5.41) is 3.42. The third-order valence-electron chi connectivity index (χ3n) is 3.93. The zero-order valence-corrected chi connectivity index (χ0v) is 16.1. The molecule has 25 heavy (non-hydrogen) atoms. The minimum Gasteiger partial charge on any atom is -0.491 e. The number of anilines is 1. The summed E-state index contributed by atoms with van der Waals surface area (Å²) >= 11 is 0. The largest absolute Gasteiger partial charge is 0.491 e. The van der Waals surface area contributed by atoms with Gasteiger partial charge in [-0.25, -0.2) is 0 Å². The number of ether oxygens (including phenoxy) is 2. The minimum absolute atomic E-state index is 0.453. The Morgan fingerprint density at radius 3 is 2.40 bits per heavy atom. The van der Waals surface area contributed by atoms with Gasteiger partial charge in [-0.15, -0.1) is 0 Å². The van der Waals surface area contributed by atoms with E-state index in [-0.39, 0.29) is 0 Å². The van der Waals surface area contributed by atoms with Gasteiger partial charge in [0.05, 0.1) is 12.3 Å². The van der Waals surface area contributed by atoms with Crippen molar-refractivity contribution in [3.8, 4) is 11.5 Å². The van der Waals surface area contributed by atoms with Crippen LogP contribution in [0.25, 0.3) is 0 Å². The molecule has 0 aliphatic rings. The maximum Gasteiger partial charge on any atom is 0.142 e. The second kappa shape index (κ2) is 9.36. The normalized spacial score (nSPS) is 11.0. The van der Waals surface area contributed by atoms with Crippen LogP contribution in [0.5, 0.6) is 11.5 Å². The monoisotopic (exact) mass is 341 g/mol. The van der Waals surface area contributed by atoms with Crippen LogP contribution in [0.4, 0.5) is 5.69 Å². The Morgan fingerprint density at radius 2 is 1.68 bits per heavy atom. The molecule has 0 unspecified atom stereocenters. The molecular weight excluding hydrogens is 310 g/mol. The van der Waals surface area contributed by atoms with E-state index in [1.54, 1.807) is 0 Å². The van der Waals surface area contributed by atoms with Gasteiger partial charge >= 0.3 is 0 Å². The zero-order chi connectivity index (χ0) is 18.2. The lowest BCUT2D eigenvalue weighted by atomic mass is 10.0. The Morgan fingerprint density at radius 1 is 0.920 bits per heavy atom. The van der Waals surface area contributed by atoms with Gasteiger partial charge < -0.3 is 14.8 Å². The van der Waals surface area contributed by atoms with Crippen LogP contribution in [0.1, 0.15) is 44.7 Å². The van der Waals surface area contributed by atoms with Crippen molar-refractivity contribution in [2.45, 2.75) is 40.5 Å². The van der Waals surface area contributed by atoms with E-state index in [1.165, 1.54) is 11.1 Å². The Kier molecular flexibility index (Phi) is 7.17. The molecule has 0 atom stereocenters. The van der Waals surface area contributed by atoms with Gasteiger partial charge in [-0.05, 0) is 48.1 Å². The van der Waals surface area contributed by atoms with E-state index in [0.717, 1.165) is 30.3 Å². The highest BCUT2D eigenvalue weighted by molar-refractivity contribution is 5.56. The summed E-state index contributed by atoms with van der Waals surface area (Å²) in [7, 11) is 0. The molecule has 2 aromatic rings. The van der Waals surface area contributed by atoms with Crippen LogP contribution in [0, 0.1) is 12.8 Å². The van der Waals surface area contributed by atoms with Gasteiger partial charge in [0.15, 0.2) is 0 Å². The second-order valence-corrected chi connectivity index (χ2v) is 7.17. The highest BCUT2D eigenvalue weighted by atomic mass is 16.5. The number of benzene rings is 2. The standard InChI is InChI=1S/C22H31NO2/c1-16(2)15-25-21-9-7-6-8-20(21)23-12-13-24-22-14-18(5)10-11-19(22)17(3)4/h6-11,14,16-17,23H,12-13,15H2,1-5H3. The number of hydrogen-bond donors (Lipinski definition) is 1. The average Bonchev–Trinajstić information content (AvgIpc) is 2.57. The molecule has 2 aromatic carbocycles. The summed E-state index contributed by atoms with van der Waals surface area (Å²) in [5.74, 6) is 2.84. The first-order valence-electron chi connectivity index (χ1n) is 9.16. The third kappa shape index (κ3) is 6.00. The van der Waals surface area contributed by atoms with Crippen LogP contribution in [0.15, 0.2) is 42.5 Å². The van der Waals surface area contributed by atoms with Crippen molar-refractivity contribution in [3.05, 3.63) is 53.6 Å². The SMILES string of the molecule is Cc1ccc(C(C)C)c(OCCNc2ccccc2OCC(C)C)c1. The van der Waals surface area contributed by atoms with Crippen molar-refractivity contribution >= 4 is 5.69 Å². The van der Waals surface area contributed by atoms with E-state index >= 15 is 0 Å². The molecule has 2 rings (SSSR count). The molecule has 0 aliphatic carbocycles. The van der Waals surface area contributed by atoms with Gasteiger partial charge in [0, 0.05) is 6.54 Å². The first-order valence-corrected chi connectivity index (χ1v) is 9.16. The Bertz CT molecular complexity index is 665. The van der Waals surface area contributed by atoms with Crippen molar-refractivity contribution in [3.63, 3.8) is 0 Å². The van der Waals surface area contributed by atoms with Crippen molar-refractivity contribution in [1.29, 1.82) is 0 Å². The smallest absolute Gasteiger partial charge is 0.142 e. The summed E-state index contributed by atoms with van der Waals surface area (Å²) in [5.41, 5.74) is 3.49. The molecule has 0 amide bonds. The first-order chi connectivity index (χ1) is 12.0. The van der Waals surface area contributed by atoms with Crippen LogP contribution >= 0.6 is 0 Å². The number of rotatable bonds is 9. The lowest BCUT2D eigenvalue weighted by Gasteiger charge is -2.17. The summed E-state index contributed by atoms with van der Waals surface area (Å²) in [6.07, 6.45) is 0. The lowest BCUT2D eigenvalue weighted by molar-refractivity contribution is 0.272. The first kappa shape index (κ1) is 19.2. The van der Waals surface area contributed by atoms with Crippen molar-refractivity contribution in [2.24, 2.45) is 5.92 Å². The van der Waals surface area contributed by atoms with Gasteiger partial charge in [-0.3, -0.25) is 0 Å². The molecule has 1 N–H and O–H groups in total. The second-order valence-electron chi connectivity index (χ2n) is 7.17. The quantitative estimate of drug-likeness (QED) is 0.598. The minimum atomic E-state index is 0.453. The molecule has 3 heteroatoms. The van der Waals surface area contributed by atoms with E-state index in [1.807, 2.05) is 24.3 Å². The van der Waals surface area contributed by atoms with Crippen LogP contribution in [0.2, 0.25) is 0 Å². The molecule has 3 nitrogen and oxygen atoms in total. The number of para-hydroxylation sites is 2. The Balaban J connectivity index is 1.91. The van der Waals surface area contributed by atoms with Gasteiger partial charge in [-0.1, -0.05) is 52.0 Å². The molecule has 136 valence electrons. The predicted octanol–water partition coefficient (Wildman–Crippen LogP) is 5.64. The van der Waals surface area contributed by atoms with Crippen molar-refractivity contribution < 1.29 is 9.47 Å². The van der Waals surface area contributed by atoms with Gasteiger partial charge in [-0.2, -0.15) is 0 Å². The third-order valence-corrected chi connectivity index (χ3v) is 3.93. The van der Waals surface area contributed by atoms with Gasteiger partial charge in [0.25, 0.3) is 0 Å². The lowest BCUT2D eigenvalue weighted by Crippen LogP contribution is -2.14. The van der Waals surface area contributed by atoms with E-state index in [4.69, 9.17) is 9.47 Å². The average molecular weight is 341 g/mol. The fraction of sp³-hybridized carbons (Fsp3) is 0.455. The topological polar surface area (TPSA) is 30.5 Å². The van der Waals surface area contributed by atoms with Gasteiger partial charge in [0.2, 0.25) is 0 Å². The number of aryl methyl sites for hydroxylation is 1. The van der Waals surface area contributed by atoms with Crippen LogP contribution in [-0.4, -0.2) is 19.8 Å². The van der Waals surface area contributed by atoms with E-state index in [0.29, 0.717) is 18.4 Å². The van der Waals surface area contributed by atoms with Gasteiger partial charge in [0.1, 0.15) is 18.1 Å². The zero-order valence-electron chi connectivity index (χ0n) is 16.1. The van der Waals surface area contributed by atoms with Crippen LogP contribution in [0.3, 0.4) is 0 Å². The van der Waals surface area contributed by atoms with Crippen molar-refractivity contribution in [1.82, 2.24) is 0 Å². The number of hydrogen-bond acceptors (Lipinski definition) is 3. The van der Waals surface area contributed by atoms with Crippen molar-refractivity contribution in [2.75, 3.05) is 25.1 Å². The summed E-state index contributed by atoms with van der Waals surface area (Å²) < 4.78 is 11.9. The maximum atomic E-state index is 6.04. The summed E-state index contributed by atoms with van der Waals surface area (Å²) in [4.78, 5) is 0. The molecule has 0 radical (unpaired) electrons. The molecule has 0 saturated carbocycles. The highest BCUT2D eigenvalue weighted by Crippen LogP contribution is 2.28. The molecular formula is C22H31NO2. The summed E-state index contributed by atoms with van der Waals surface area (Å²) in [6.45, 7) is 12.8. The Labute approximate surface area is 152 Å². The maximum absolute atomic E-state index is 6.04. The predicted molar refractivity (Wildman–Crippen MR) is 106 cm³/mol. The van der Waals surface area contributed by atoms with Crippen LogP contribution in [-0.2, 0) is 0 Å². The molecule has 0 saturated heterocycles. The fourth-order valence-electron chi connectivity index (χ4n) is 2.59. The number of nitrogens with one attached hydrogen (secondary N) is 1. The molecule has 0 heterocycles. The van der Waals surface area contributed by atoms with E-state index < -0.39 is 0 Å². The molecule has 0 fully saturated rings. The molecule has 0 aliphatic heterocycles. The fourth-order valence-corrected chi connectivity index (χ4v) is 2.59. The molecule has 0 aromatic heterocycles. The summed E-state index contributed by atoms with van der Waals surface area (Å²) in [6, 6.07) is 14.5. The molecule has 0 bridgehead atoms. The molecule has 0 spiro atoms. The Hall–Kier alpha value is -2.16.